The molecular weight excluding hydrogens is 426 g/mol. The van der Waals surface area contributed by atoms with Crippen LogP contribution < -0.4 is 17.0 Å². The van der Waals surface area contributed by atoms with E-state index in [0.717, 1.165) is 11.1 Å². The summed E-state index contributed by atoms with van der Waals surface area (Å²) in [6.45, 7) is 2.45. The van der Waals surface area contributed by atoms with Crippen LogP contribution in [0.2, 0.25) is 0 Å². The van der Waals surface area contributed by atoms with Crippen molar-refractivity contribution in [2.75, 3.05) is 13.2 Å². The molecule has 0 saturated heterocycles. The zero-order chi connectivity index (χ0) is 24.2. The van der Waals surface area contributed by atoms with Crippen LogP contribution in [0.1, 0.15) is 11.1 Å². The third kappa shape index (κ3) is 5.52. The van der Waals surface area contributed by atoms with Crippen LogP contribution in [0.5, 0.6) is 0 Å². The number of aryl methyl sites for hydroxylation is 2. The predicted octanol–water partition coefficient (Wildman–Crippen LogP) is -2.69. The lowest BCUT2D eigenvalue weighted by molar-refractivity contribution is -0.135. The van der Waals surface area contributed by atoms with E-state index >= 15 is 0 Å². The largest absolute Gasteiger partial charge is 0.480 e. The number of hydrogen-bond acceptors (Lipinski definition) is 10. The quantitative estimate of drug-likeness (QED) is 0.191. The summed E-state index contributed by atoms with van der Waals surface area (Å²) in [5.41, 5.74) is 5.68. The number of aromatic amines is 1. The van der Waals surface area contributed by atoms with Crippen LogP contribution in [-0.4, -0.2) is 82.5 Å². The van der Waals surface area contributed by atoms with Gasteiger partial charge in [-0.2, -0.15) is 4.98 Å². The molecule has 0 amide bonds. The van der Waals surface area contributed by atoms with Gasteiger partial charge < -0.3 is 35.8 Å². The first-order chi connectivity index (χ1) is 15.0. The topological polar surface area (TPSA) is 225 Å². The number of aliphatic hydroxyl groups excluding tert-OH is 4. The number of H-pyrrole nitrogens is 1. The van der Waals surface area contributed by atoms with Crippen molar-refractivity contribution in [1.29, 1.82) is 0 Å². The Morgan fingerprint density at radius 2 is 1.72 bits per heavy atom. The van der Waals surface area contributed by atoms with Crippen molar-refractivity contribution >= 4 is 17.0 Å². The van der Waals surface area contributed by atoms with Gasteiger partial charge in [0.15, 0.2) is 11.5 Å². The second-order valence-electron chi connectivity index (χ2n) is 7.10. The highest BCUT2D eigenvalue weighted by molar-refractivity contribution is 5.81. The Bertz CT molecular complexity index is 1190. The van der Waals surface area contributed by atoms with Crippen LogP contribution in [0.3, 0.4) is 0 Å². The summed E-state index contributed by atoms with van der Waals surface area (Å²) in [4.78, 5) is 43.2. The molecule has 0 unspecified atom stereocenters. The van der Waals surface area contributed by atoms with Gasteiger partial charge in [0, 0.05) is 0 Å². The maximum absolute atomic E-state index is 12.2. The van der Waals surface area contributed by atoms with E-state index in [2.05, 4.69) is 20.7 Å². The number of aliphatic hydroxyl groups is 4. The van der Waals surface area contributed by atoms with Gasteiger partial charge in [0.2, 0.25) is 0 Å². The maximum atomic E-state index is 12.2. The van der Waals surface area contributed by atoms with Crippen molar-refractivity contribution in [2.45, 2.75) is 38.7 Å². The first-order valence-corrected chi connectivity index (χ1v) is 9.48. The molecule has 2 heterocycles. The van der Waals surface area contributed by atoms with Gasteiger partial charge in [-0.15, -0.1) is 0 Å². The van der Waals surface area contributed by atoms with E-state index in [-0.39, 0.29) is 24.6 Å². The molecule has 1 aromatic carbocycles. The number of benzene rings is 1. The van der Waals surface area contributed by atoms with E-state index in [4.69, 9.17) is 10.2 Å². The van der Waals surface area contributed by atoms with E-state index in [0.29, 0.717) is 11.0 Å². The van der Waals surface area contributed by atoms with Crippen molar-refractivity contribution in [1.82, 2.24) is 19.5 Å². The molecule has 2 aliphatic heterocycles. The number of aliphatic carboxylic acids is 1. The molecule has 0 bridgehead atoms. The zero-order valence-corrected chi connectivity index (χ0v) is 17.4. The highest BCUT2D eigenvalue weighted by Crippen LogP contribution is 2.24. The molecular formula is C19H25N5O8. The molecule has 13 heteroatoms. The van der Waals surface area contributed by atoms with Gasteiger partial charge in [0.25, 0.3) is 5.56 Å². The molecule has 0 saturated carbocycles. The fourth-order valence-electron chi connectivity index (χ4n) is 2.89. The van der Waals surface area contributed by atoms with E-state index in [1.807, 2.05) is 13.8 Å². The third-order valence-electron chi connectivity index (χ3n) is 4.74. The van der Waals surface area contributed by atoms with E-state index in [9.17, 15) is 29.7 Å². The first kappa shape index (κ1) is 25.0. The molecule has 3 atom stereocenters. The fraction of sp³-hybridized carbons (Fsp3) is 0.421. The number of nitrogens with zero attached hydrogens (tertiary/aromatic N) is 3. The molecule has 2 aliphatic rings. The van der Waals surface area contributed by atoms with Crippen LogP contribution in [0.25, 0.3) is 22.6 Å². The Morgan fingerprint density at radius 3 is 2.28 bits per heavy atom. The number of aromatic nitrogens is 4. The highest BCUT2D eigenvalue weighted by atomic mass is 16.4. The van der Waals surface area contributed by atoms with Crippen molar-refractivity contribution in [2.24, 2.45) is 5.73 Å². The number of nitrogens with two attached hydrogens (primary N) is 1. The number of hydrogen-bond donors (Lipinski definition) is 7. The van der Waals surface area contributed by atoms with E-state index in [1.54, 1.807) is 12.1 Å². The van der Waals surface area contributed by atoms with Gasteiger partial charge in [0.1, 0.15) is 18.3 Å². The normalized spacial score (nSPS) is 14.0. The average molecular weight is 451 g/mol. The SMILES string of the molecule is Cc1cc2nc3c(=O)[nH]c(=O)nc-3n(C[C@H](O)[C@H](O)[C@H](O)CO)c2cc1C.NCC(=O)O. The molecule has 13 nitrogen and oxygen atoms in total. The summed E-state index contributed by atoms with van der Waals surface area (Å²) < 4.78 is 1.40. The second-order valence-corrected chi connectivity index (χ2v) is 7.10. The van der Waals surface area contributed by atoms with Crippen LogP contribution in [0, 0.1) is 13.8 Å². The van der Waals surface area contributed by atoms with Gasteiger partial charge in [-0.1, -0.05) is 0 Å². The minimum Gasteiger partial charge on any atom is -0.480 e. The number of nitrogens with one attached hydrogen (secondary N) is 1. The van der Waals surface area contributed by atoms with Crippen molar-refractivity contribution in [3.8, 4) is 11.5 Å². The molecule has 3 rings (SSSR count). The molecule has 32 heavy (non-hydrogen) atoms. The van der Waals surface area contributed by atoms with Crippen molar-refractivity contribution in [3.63, 3.8) is 0 Å². The number of fused-ring (bicyclic) bond motifs is 2. The second kappa shape index (κ2) is 10.4. The summed E-state index contributed by atoms with van der Waals surface area (Å²) in [5, 5.41) is 46.4. The Hall–Kier alpha value is -3.23. The fourth-order valence-corrected chi connectivity index (χ4v) is 2.89. The predicted molar refractivity (Wildman–Crippen MR) is 112 cm³/mol. The van der Waals surface area contributed by atoms with Gasteiger partial charge in [-0.3, -0.25) is 14.6 Å². The van der Waals surface area contributed by atoms with Crippen LogP contribution >= 0.6 is 0 Å². The minimum atomic E-state index is -1.64. The lowest BCUT2D eigenvalue weighted by atomic mass is 10.1. The zero-order valence-electron chi connectivity index (χ0n) is 17.4. The molecule has 8 N–H and O–H groups in total. The number of carbonyl (C=O) groups is 1. The molecule has 0 fully saturated rings. The van der Waals surface area contributed by atoms with Gasteiger partial charge in [0.05, 0.1) is 30.7 Å². The van der Waals surface area contributed by atoms with Gasteiger partial charge in [-0.05, 0) is 37.1 Å². The van der Waals surface area contributed by atoms with Crippen LogP contribution in [-0.2, 0) is 11.3 Å². The lowest BCUT2D eigenvalue weighted by Gasteiger charge is -2.25. The van der Waals surface area contributed by atoms with Gasteiger partial charge >= 0.3 is 11.7 Å². The molecule has 0 spiro atoms. The van der Waals surface area contributed by atoms with E-state index < -0.39 is 42.1 Å². The van der Waals surface area contributed by atoms with Crippen molar-refractivity contribution in [3.05, 3.63) is 44.1 Å². The van der Waals surface area contributed by atoms with E-state index in [1.165, 1.54) is 4.57 Å². The van der Waals surface area contributed by atoms with Crippen LogP contribution in [0.15, 0.2) is 21.7 Å². The minimum absolute atomic E-state index is 0.0516. The van der Waals surface area contributed by atoms with Crippen LogP contribution in [0.4, 0.5) is 0 Å². The molecule has 0 radical (unpaired) electrons. The van der Waals surface area contributed by atoms with Crippen molar-refractivity contribution < 1.29 is 30.3 Å². The summed E-state index contributed by atoms with van der Waals surface area (Å²) in [7, 11) is 0. The molecule has 0 aromatic heterocycles. The summed E-state index contributed by atoms with van der Waals surface area (Å²) in [5.74, 6) is -1.02. The summed E-state index contributed by atoms with van der Waals surface area (Å²) in [6.07, 6.45) is -4.68. The lowest BCUT2D eigenvalue weighted by Crippen LogP contribution is -2.42. The number of rotatable bonds is 6. The summed E-state index contributed by atoms with van der Waals surface area (Å²) >= 11 is 0. The molecule has 1 aromatic rings. The third-order valence-corrected chi connectivity index (χ3v) is 4.74. The monoisotopic (exact) mass is 451 g/mol. The number of carboxylic acid groups (broad SMARTS) is 1. The highest BCUT2D eigenvalue weighted by Gasteiger charge is 2.27. The molecule has 0 aliphatic carbocycles. The van der Waals surface area contributed by atoms with Gasteiger partial charge in [-0.25, -0.2) is 9.78 Å². The molecule has 174 valence electrons. The Balaban J connectivity index is 0.000000654. The number of carboxylic acids is 1. The Labute approximate surface area is 180 Å². The maximum Gasteiger partial charge on any atom is 0.349 e. The average Bonchev–Trinajstić information content (AvgIpc) is 2.74. The smallest absolute Gasteiger partial charge is 0.349 e. The first-order valence-electron chi connectivity index (χ1n) is 9.48. The summed E-state index contributed by atoms with van der Waals surface area (Å²) in [6, 6.07) is 3.53. The standard InChI is InChI=1S/C17H20N4O6.C2H5NO2/c1-7-3-9-10(4-8(7)2)21(5-11(23)14(25)12(24)6-22)15-13(18-9)16(26)20-17(27)19-15;3-1-2(4)5/h3-4,11-12,14,22-25H,5-6H2,1-2H3,(H,20,26,27);1,3H2,(H,4,5)/t11-,12+,14-;/m0./s1. The Morgan fingerprint density at radius 1 is 1.12 bits per heavy atom. The Kier molecular flexibility index (Phi) is 8.13.